The van der Waals surface area contributed by atoms with Gasteiger partial charge in [-0.1, -0.05) is 24.3 Å². The molecule has 156 valence electrons. The van der Waals surface area contributed by atoms with E-state index in [9.17, 15) is 13.2 Å². The van der Waals surface area contributed by atoms with Crippen LogP contribution in [0, 0.1) is 0 Å². The summed E-state index contributed by atoms with van der Waals surface area (Å²) in [4.78, 5) is 14.7. The number of ether oxygens (including phenoxy) is 2. The Morgan fingerprint density at radius 3 is 2.52 bits per heavy atom. The highest BCUT2D eigenvalue weighted by Crippen LogP contribution is 2.34. The van der Waals surface area contributed by atoms with Gasteiger partial charge in [0.05, 0.1) is 4.90 Å². The number of nitrogens with one attached hydrogen (secondary N) is 1. The van der Waals surface area contributed by atoms with Gasteiger partial charge in [-0.3, -0.25) is 4.79 Å². The van der Waals surface area contributed by atoms with Crippen LogP contribution in [0.4, 0.5) is 0 Å². The maximum absolute atomic E-state index is 12.7. The molecule has 0 aromatic heterocycles. The average Bonchev–Trinajstić information content (AvgIpc) is 2.76. The van der Waals surface area contributed by atoms with Gasteiger partial charge < -0.3 is 14.4 Å². The maximum atomic E-state index is 12.7. The van der Waals surface area contributed by atoms with Crippen LogP contribution in [0.3, 0.4) is 0 Å². The minimum atomic E-state index is -3.45. The highest BCUT2D eigenvalue weighted by atomic mass is 32.2. The number of fused-ring (bicyclic) bond motifs is 1. The minimum absolute atomic E-state index is 0.0359. The Bertz CT molecular complexity index is 958. The van der Waals surface area contributed by atoms with Crippen molar-refractivity contribution in [2.75, 3.05) is 26.8 Å². The fourth-order valence-electron chi connectivity index (χ4n) is 3.20. The molecule has 0 radical (unpaired) electrons. The van der Waals surface area contributed by atoms with Crippen LogP contribution in [0.5, 0.6) is 11.5 Å². The molecule has 0 atom stereocenters. The molecule has 8 heteroatoms. The summed E-state index contributed by atoms with van der Waals surface area (Å²) < 4.78 is 37.2. The van der Waals surface area contributed by atoms with E-state index in [0.717, 1.165) is 11.1 Å². The zero-order valence-corrected chi connectivity index (χ0v) is 17.5. The van der Waals surface area contributed by atoms with Gasteiger partial charge in [-0.2, -0.15) is 0 Å². The van der Waals surface area contributed by atoms with Crippen LogP contribution in [-0.4, -0.2) is 46.0 Å². The van der Waals surface area contributed by atoms with E-state index < -0.39 is 10.0 Å². The SMILES string of the molecule is CCN(Cc1cccc2c1OCCO2)C(=O)CCc1ccc(S(=O)(=O)NC)cc1. The lowest BCUT2D eigenvalue weighted by Crippen LogP contribution is -2.31. The molecule has 1 amide bonds. The number of sulfonamides is 1. The van der Waals surface area contributed by atoms with Gasteiger partial charge in [0.1, 0.15) is 13.2 Å². The quantitative estimate of drug-likeness (QED) is 0.711. The van der Waals surface area contributed by atoms with Crippen LogP contribution in [-0.2, 0) is 27.8 Å². The average molecular weight is 419 g/mol. The zero-order valence-electron chi connectivity index (χ0n) is 16.7. The number of carbonyl (C=O) groups is 1. The monoisotopic (exact) mass is 418 g/mol. The molecule has 1 heterocycles. The molecule has 2 aromatic rings. The van der Waals surface area contributed by atoms with Crippen molar-refractivity contribution >= 4 is 15.9 Å². The zero-order chi connectivity index (χ0) is 20.9. The molecule has 29 heavy (non-hydrogen) atoms. The van der Waals surface area contributed by atoms with Gasteiger partial charge in [-0.25, -0.2) is 13.1 Å². The van der Waals surface area contributed by atoms with E-state index in [-0.39, 0.29) is 10.8 Å². The molecular weight excluding hydrogens is 392 g/mol. The molecule has 0 saturated heterocycles. The molecule has 0 unspecified atom stereocenters. The third kappa shape index (κ3) is 5.07. The Hall–Kier alpha value is -2.58. The van der Waals surface area contributed by atoms with Crippen molar-refractivity contribution < 1.29 is 22.7 Å². The molecule has 0 aliphatic carbocycles. The third-order valence-corrected chi connectivity index (χ3v) is 6.30. The van der Waals surface area contributed by atoms with Crippen molar-refractivity contribution in [3.63, 3.8) is 0 Å². The Morgan fingerprint density at radius 1 is 1.10 bits per heavy atom. The number of nitrogens with zero attached hydrogens (tertiary/aromatic N) is 1. The summed E-state index contributed by atoms with van der Waals surface area (Å²) in [5.74, 6) is 1.47. The summed E-state index contributed by atoms with van der Waals surface area (Å²) in [6.07, 6.45) is 0.889. The van der Waals surface area contributed by atoms with E-state index in [1.807, 2.05) is 25.1 Å². The second kappa shape index (κ2) is 9.28. The Labute approximate surface area is 171 Å². The summed E-state index contributed by atoms with van der Waals surface area (Å²) in [5, 5.41) is 0. The van der Waals surface area contributed by atoms with Crippen LogP contribution in [0.1, 0.15) is 24.5 Å². The van der Waals surface area contributed by atoms with Gasteiger partial charge in [0, 0.05) is 25.1 Å². The first-order valence-electron chi connectivity index (χ1n) is 9.62. The van der Waals surface area contributed by atoms with Crippen LogP contribution >= 0.6 is 0 Å². The smallest absolute Gasteiger partial charge is 0.240 e. The molecule has 0 fully saturated rings. The van der Waals surface area contributed by atoms with Gasteiger partial charge in [0.2, 0.25) is 15.9 Å². The lowest BCUT2D eigenvalue weighted by molar-refractivity contribution is -0.131. The lowest BCUT2D eigenvalue weighted by Gasteiger charge is -2.25. The van der Waals surface area contributed by atoms with Gasteiger partial charge in [0.25, 0.3) is 0 Å². The number of amides is 1. The van der Waals surface area contributed by atoms with Crippen molar-refractivity contribution in [2.45, 2.75) is 31.2 Å². The summed E-state index contributed by atoms with van der Waals surface area (Å²) in [7, 11) is -2.08. The van der Waals surface area contributed by atoms with Crippen molar-refractivity contribution in [1.29, 1.82) is 0 Å². The Kier molecular flexibility index (Phi) is 6.76. The molecule has 0 saturated carbocycles. The van der Waals surface area contributed by atoms with Crippen LogP contribution in [0.2, 0.25) is 0 Å². The predicted molar refractivity (Wildman–Crippen MR) is 110 cm³/mol. The van der Waals surface area contributed by atoms with E-state index >= 15 is 0 Å². The van der Waals surface area contributed by atoms with E-state index in [1.54, 1.807) is 29.2 Å². The van der Waals surface area contributed by atoms with E-state index in [4.69, 9.17) is 9.47 Å². The summed E-state index contributed by atoms with van der Waals surface area (Å²) in [6, 6.07) is 12.3. The summed E-state index contributed by atoms with van der Waals surface area (Å²) in [6.45, 7) is 4.02. The predicted octanol–water partition coefficient (Wildman–Crippen LogP) is 2.35. The van der Waals surface area contributed by atoms with E-state index in [2.05, 4.69) is 4.72 Å². The minimum Gasteiger partial charge on any atom is -0.486 e. The summed E-state index contributed by atoms with van der Waals surface area (Å²) in [5.41, 5.74) is 1.84. The normalized spacial score (nSPS) is 13.2. The first kappa shape index (κ1) is 21.1. The molecule has 1 aliphatic heterocycles. The highest BCUT2D eigenvalue weighted by Gasteiger charge is 2.19. The van der Waals surface area contributed by atoms with Gasteiger partial charge >= 0.3 is 0 Å². The summed E-state index contributed by atoms with van der Waals surface area (Å²) >= 11 is 0. The highest BCUT2D eigenvalue weighted by molar-refractivity contribution is 7.89. The maximum Gasteiger partial charge on any atom is 0.240 e. The van der Waals surface area contributed by atoms with Crippen molar-refractivity contribution in [2.24, 2.45) is 0 Å². The molecular formula is C21H26N2O5S. The number of hydrogen-bond acceptors (Lipinski definition) is 5. The number of hydrogen-bond donors (Lipinski definition) is 1. The molecule has 2 aromatic carbocycles. The number of benzene rings is 2. The van der Waals surface area contributed by atoms with Crippen LogP contribution in [0.25, 0.3) is 0 Å². The Balaban J connectivity index is 1.62. The third-order valence-electron chi connectivity index (χ3n) is 4.87. The van der Waals surface area contributed by atoms with Crippen LogP contribution < -0.4 is 14.2 Å². The Morgan fingerprint density at radius 2 is 1.83 bits per heavy atom. The largest absolute Gasteiger partial charge is 0.486 e. The molecule has 1 N–H and O–H groups in total. The molecule has 1 aliphatic rings. The fourth-order valence-corrected chi connectivity index (χ4v) is 3.93. The molecule has 0 spiro atoms. The number of aryl methyl sites for hydroxylation is 1. The molecule has 3 rings (SSSR count). The van der Waals surface area contributed by atoms with Gasteiger partial charge in [-0.15, -0.1) is 0 Å². The second-order valence-electron chi connectivity index (χ2n) is 6.70. The first-order valence-corrected chi connectivity index (χ1v) is 11.1. The van der Waals surface area contributed by atoms with Gasteiger partial charge in [0.15, 0.2) is 11.5 Å². The fraction of sp³-hybridized carbons (Fsp3) is 0.381. The molecule has 0 bridgehead atoms. The van der Waals surface area contributed by atoms with Crippen molar-refractivity contribution in [3.05, 3.63) is 53.6 Å². The second-order valence-corrected chi connectivity index (χ2v) is 8.59. The first-order chi connectivity index (χ1) is 13.9. The molecule has 7 nitrogen and oxygen atoms in total. The topological polar surface area (TPSA) is 84.9 Å². The number of carbonyl (C=O) groups excluding carboxylic acids is 1. The standard InChI is InChI=1S/C21H26N2O5S/c1-3-23(15-17-5-4-6-19-21(17)28-14-13-27-19)20(24)12-9-16-7-10-18(11-8-16)29(25,26)22-2/h4-8,10-11,22H,3,9,12-15H2,1-2H3. The lowest BCUT2D eigenvalue weighted by atomic mass is 10.1. The number of para-hydroxylation sites is 1. The van der Waals surface area contributed by atoms with Gasteiger partial charge in [-0.05, 0) is 44.2 Å². The van der Waals surface area contributed by atoms with Crippen molar-refractivity contribution in [3.8, 4) is 11.5 Å². The van der Waals surface area contributed by atoms with E-state index in [1.165, 1.54) is 7.05 Å². The number of rotatable bonds is 8. The van der Waals surface area contributed by atoms with Crippen LogP contribution in [0.15, 0.2) is 47.4 Å². The van der Waals surface area contributed by atoms with Crippen molar-refractivity contribution in [1.82, 2.24) is 9.62 Å². The van der Waals surface area contributed by atoms with E-state index in [0.29, 0.717) is 50.6 Å².